The fourth-order valence-electron chi connectivity index (χ4n) is 1.47. The second-order valence-electron chi connectivity index (χ2n) is 3.46. The number of carboxylic acids is 1. The summed E-state index contributed by atoms with van der Waals surface area (Å²) in [6, 6.07) is 7.61. The molecule has 4 nitrogen and oxygen atoms in total. The van der Waals surface area contributed by atoms with Crippen molar-refractivity contribution in [1.82, 2.24) is 9.55 Å². The molecule has 1 heterocycles. The van der Waals surface area contributed by atoms with E-state index in [2.05, 4.69) is 4.98 Å². The number of nitrogens with zero attached hydrogens (tertiary/aromatic N) is 2. The van der Waals surface area contributed by atoms with Gasteiger partial charge in [0.05, 0.1) is 0 Å². The van der Waals surface area contributed by atoms with Gasteiger partial charge in [0.25, 0.3) is 0 Å². The first-order valence-electron chi connectivity index (χ1n) is 4.85. The maximum absolute atomic E-state index is 12.7. The minimum Gasteiger partial charge on any atom is -0.476 e. The summed E-state index contributed by atoms with van der Waals surface area (Å²) in [6.45, 7) is 0. The summed E-state index contributed by atoms with van der Waals surface area (Å²) in [5.41, 5.74) is -0.448. The normalized spacial score (nSPS) is 11.5. The number of aromatic carboxylic acids is 1. The van der Waals surface area contributed by atoms with E-state index in [9.17, 15) is 18.0 Å². The molecule has 18 heavy (non-hydrogen) atoms. The van der Waals surface area contributed by atoms with Crippen LogP contribution in [0.25, 0.3) is 5.69 Å². The topological polar surface area (TPSA) is 55.1 Å². The zero-order valence-corrected chi connectivity index (χ0v) is 8.85. The highest BCUT2D eigenvalue weighted by Gasteiger charge is 2.38. The van der Waals surface area contributed by atoms with Crippen molar-refractivity contribution in [1.29, 1.82) is 0 Å². The van der Waals surface area contributed by atoms with E-state index in [4.69, 9.17) is 5.11 Å². The lowest BCUT2D eigenvalue weighted by atomic mass is 10.3. The largest absolute Gasteiger partial charge is 0.476 e. The standard InChI is InChI=1S/C11H7F3N2O2/c12-11(13,14)10-15-8(9(17)18)6-16(10)7-4-2-1-3-5-7/h1-6H,(H,17,18). The quantitative estimate of drug-likeness (QED) is 0.898. The smallest absolute Gasteiger partial charge is 0.450 e. The summed E-state index contributed by atoms with van der Waals surface area (Å²) in [7, 11) is 0. The van der Waals surface area contributed by atoms with E-state index in [-0.39, 0.29) is 5.69 Å². The van der Waals surface area contributed by atoms with Crippen LogP contribution in [0.15, 0.2) is 36.5 Å². The van der Waals surface area contributed by atoms with E-state index in [1.165, 1.54) is 12.1 Å². The highest BCUT2D eigenvalue weighted by atomic mass is 19.4. The number of rotatable bonds is 2. The second-order valence-corrected chi connectivity index (χ2v) is 3.46. The van der Waals surface area contributed by atoms with Gasteiger partial charge in [-0.05, 0) is 12.1 Å². The Morgan fingerprint density at radius 1 is 1.22 bits per heavy atom. The predicted molar refractivity (Wildman–Crippen MR) is 55.5 cm³/mol. The van der Waals surface area contributed by atoms with Crippen LogP contribution in [0.4, 0.5) is 13.2 Å². The van der Waals surface area contributed by atoms with Crippen LogP contribution in [0.1, 0.15) is 16.3 Å². The third-order valence-corrected chi connectivity index (χ3v) is 2.21. The maximum Gasteiger partial charge on any atom is 0.450 e. The minimum absolute atomic E-state index is 0.199. The Morgan fingerprint density at radius 2 is 1.83 bits per heavy atom. The Hall–Kier alpha value is -2.31. The molecule has 1 aromatic carbocycles. The zero-order chi connectivity index (χ0) is 13.3. The van der Waals surface area contributed by atoms with Gasteiger partial charge >= 0.3 is 12.1 Å². The van der Waals surface area contributed by atoms with Crippen LogP contribution in [0, 0.1) is 0 Å². The van der Waals surface area contributed by atoms with Crippen LogP contribution in [0.3, 0.4) is 0 Å². The molecule has 0 amide bonds. The number of halogens is 3. The Balaban J connectivity index is 2.62. The summed E-state index contributed by atoms with van der Waals surface area (Å²) in [5, 5.41) is 8.69. The average Bonchev–Trinajstić information content (AvgIpc) is 2.74. The van der Waals surface area contributed by atoms with Gasteiger partial charge < -0.3 is 5.11 Å². The molecule has 0 unspecified atom stereocenters. The minimum atomic E-state index is -4.72. The molecule has 0 aliphatic heterocycles. The summed E-state index contributed by atoms with van der Waals surface area (Å²) < 4.78 is 38.9. The summed E-state index contributed by atoms with van der Waals surface area (Å²) >= 11 is 0. The molecule has 0 aliphatic carbocycles. The molecule has 7 heteroatoms. The number of alkyl halides is 3. The summed E-state index contributed by atoms with van der Waals surface area (Å²) in [4.78, 5) is 13.8. The molecule has 0 saturated carbocycles. The molecule has 0 bridgehead atoms. The Morgan fingerprint density at radius 3 is 2.33 bits per heavy atom. The van der Waals surface area contributed by atoms with Gasteiger partial charge in [-0.25, -0.2) is 9.78 Å². The molecule has 0 fully saturated rings. The van der Waals surface area contributed by atoms with Crippen LogP contribution in [0.2, 0.25) is 0 Å². The lowest BCUT2D eigenvalue weighted by Crippen LogP contribution is -2.13. The van der Waals surface area contributed by atoms with E-state index < -0.39 is 23.7 Å². The predicted octanol–water partition coefficient (Wildman–Crippen LogP) is 2.59. The van der Waals surface area contributed by atoms with Crippen molar-refractivity contribution >= 4 is 5.97 Å². The fourth-order valence-corrected chi connectivity index (χ4v) is 1.47. The van der Waals surface area contributed by atoms with Crippen LogP contribution in [-0.2, 0) is 6.18 Å². The number of carboxylic acid groups (broad SMARTS) is 1. The van der Waals surface area contributed by atoms with Crippen molar-refractivity contribution in [3.8, 4) is 5.69 Å². The molecular weight excluding hydrogens is 249 g/mol. The highest BCUT2D eigenvalue weighted by Crippen LogP contribution is 2.30. The van der Waals surface area contributed by atoms with Gasteiger partial charge in [0.2, 0.25) is 5.82 Å². The monoisotopic (exact) mass is 256 g/mol. The van der Waals surface area contributed by atoms with Crippen molar-refractivity contribution in [3.63, 3.8) is 0 Å². The lowest BCUT2D eigenvalue weighted by molar-refractivity contribution is -0.145. The average molecular weight is 256 g/mol. The highest BCUT2D eigenvalue weighted by molar-refractivity contribution is 5.85. The van der Waals surface area contributed by atoms with E-state index in [0.29, 0.717) is 4.57 Å². The number of imidazole rings is 1. The molecule has 2 aromatic rings. The first-order chi connectivity index (χ1) is 8.39. The van der Waals surface area contributed by atoms with Gasteiger partial charge in [-0.1, -0.05) is 18.2 Å². The molecule has 0 atom stereocenters. The van der Waals surface area contributed by atoms with Crippen LogP contribution in [0.5, 0.6) is 0 Å². The van der Waals surface area contributed by atoms with Gasteiger partial charge in [-0.2, -0.15) is 13.2 Å². The van der Waals surface area contributed by atoms with Gasteiger partial charge in [-0.15, -0.1) is 0 Å². The van der Waals surface area contributed by atoms with E-state index in [0.717, 1.165) is 6.20 Å². The molecule has 0 aliphatic rings. The summed E-state index contributed by atoms with van der Waals surface area (Å²) in [5.74, 6) is -2.76. The maximum atomic E-state index is 12.7. The second kappa shape index (κ2) is 4.17. The number of para-hydroxylation sites is 1. The molecule has 1 N–H and O–H groups in total. The third kappa shape index (κ3) is 2.20. The van der Waals surface area contributed by atoms with Crippen LogP contribution >= 0.6 is 0 Å². The fraction of sp³-hybridized carbons (Fsp3) is 0.0909. The lowest BCUT2D eigenvalue weighted by Gasteiger charge is -2.09. The van der Waals surface area contributed by atoms with Crippen molar-refractivity contribution in [3.05, 3.63) is 48.0 Å². The molecule has 0 radical (unpaired) electrons. The number of benzene rings is 1. The van der Waals surface area contributed by atoms with Gasteiger partial charge in [0.1, 0.15) is 0 Å². The zero-order valence-electron chi connectivity index (χ0n) is 8.85. The Labute approximate surface area is 99.3 Å². The number of hydrogen-bond acceptors (Lipinski definition) is 2. The molecule has 94 valence electrons. The van der Waals surface area contributed by atoms with E-state index in [1.807, 2.05) is 0 Å². The number of aromatic nitrogens is 2. The molecule has 0 spiro atoms. The van der Waals surface area contributed by atoms with Gasteiger partial charge in [0, 0.05) is 11.9 Å². The number of hydrogen-bond donors (Lipinski definition) is 1. The molecule has 0 saturated heterocycles. The first-order valence-corrected chi connectivity index (χ1v) is 4.85. The Kier molecular flexibility index (Phi) is 2.82. The van der Waals surface area contributed by atoms with Gasteiger partial charge in [-0.3, -0.25) is 4.57 Å². The molecule has 1 aromatic heterocycles. The van der Waals surface area contributed by atoms with Crippen molar-refractivity contribution in [2.24, 2.45) is 0 Å². The van der Waals surface area contributed by atoms with Crippen LogP contribution < -0.4 is 0 Å². The SMILES string of the molecule is O=C(O)c1cn(-c2ccccc2)c(C(F)(F)F)n1. The van der Waals surface area contributed by atoms with Crippen molar-refractivity contribution in [2.45, 2.75) is 6.18 Å². The first kappa shape index (κ1) is 12.2. The number of carbonyl (C=O) groups is 1. The Bertz CT molecular complexity index is 576. The van der Waals surface area contributed by atoms with E-state index >= 15 is 0 Å². The van der Waals surface area contributed by atoms with Crippen LogP contribution in [-0.4, -0.2) is 20.6 Å². The van der Waals surface area contributed by atoms with Crippen molar-refractivity contribution < 1.29 is 23.1 Å². The summed E-state index contributed by atoms with van der Waals surface area (Å²) in [6.07, 6.45) is -3.87. The van der Waals surface area contributed by atoms with Gasteiger partial charge in [0.15, 0.2) is 5.69 Å². The molecular formula is C11H7F3N2O2. The molecule has 2 rings (SSSR count). The third-order valence-electron chi connectivity index (χ3n) is 2.21. The van der Waals surface area contributed by atoms with E-state index in [1.54, 1.807) is 18.2 Å². The van der Waals surface area contributed by atoms with Crippen molar-refractivity contribution in [2.75, 3.05) is 0 Å².